The number of carbonyl (C=O) groups excluding carboxylic acids is 1. The Balaban J connectivity index is 1.60. The molecule has 146 valence electrons. The predicted molar refractivity (Wildman–Crippen MR) is 115 cm³/mol. The molecule has 0 aliphatic rings. The molecule has 1 amide bonds. The monoisotopic (exact) mass is 395 g/mol. The lowest BCUT2D eigenvalue weighted by atomic mass is 10.1. The van der Waals surface area contributed by atoms with Crippen molar-refractivity contribution in [3.05, 3.63) is 64.7 Å². The second-order valence-electron chi connectivity index (χ2n) is 6.86. The smallest absolute Gasteiger partial charge is 0.238 e. The maximum atomic E-state index is 12.4. The normalized spacial score (nSPS) is 10.9. The van der Waals surface area contributed by atoms with Gasteiger partial charge in [0.2, 0.25) is 5.91 Å². The number of nitrogens with zero attached hydrogens (tertiary/aromatic N) is 2. The van der Waals surface area contributed by atoms with E-state index in [0.29, 0.717) is 13.1 Å². The lowest BCUT2D eigenvalue weighted by Crippen LogP contribution is -2.30. The molecule has 3 aromatic rings. The number of aryl methyl sites for hydroxylation is 2. The molecule has 2 aromatic carbocycles. The molecule has 1 N–H and O–H groups in total. The number of para-hydroxylation sites is 1. The fraction of sp³-hybridized carbons (Fsp3) is 0.273. The molecule has 6 heteroatoms. The number of rotatable bonds is 7. The van der Waals surface area contributed by atoms with Gasteiger partial charge in [-0.15, -0.1) is 11.3 Å². The van der Waals surface area contributed by atoms with Gasteiger partial charge in [-0.1, -0.05) is 30.3 Å². The highest BCUT2D eigenvalue weighted by atomic mass is 32.1. The van der Waals surface area contributed by atoms with E-state index in [2.05, 4.69) is 5.32 Å². The van der Waals surface area contributed by atoms with Crippen molar-refractivity contribution < 1.29 is 9.53 Å². The Bertz CT molecular complexity index is 948. The van der Waals surface area contributed by atoms with Gasteiger partial charge in [0.1, 0.15) is 10.8 Å². The topological polar surface area (TPSA) is 54.5 Å². The van der Waals surface area contributed by atoms with E-state index in [1.807, 2.05) is 73.6 Å². The number of methoxy groups -OCH3 is 1. The Hall–Kier alpha value is -2.70. The van der Waals surface area contributed by atoms with Crippen LogP contribution in [-0.4, -0.2) is 36.5 Å². The third-order valence-electron chi connectivity index (χ3n) is 4.46. The van der Waals surface area contributed by atoms with Crippen LogP contribution >= 0.6 is 11.3 Å². The number of benzene rings is 2. The van der Waals surface area contributed by atoms with Crippen LogP contribution in [0.15, 0.2) is 47.8 Å². The van der Waals surface area contributed by atoms with E-state index in [9.17, 15) is 4.79 Å². The standard InChI is InChI=1S/C22H25N3O2S/c1-15-7-5-8-16(2)21(15)24-20(26)13-25(3)12-18-14-28-22(23-18)17-9-6-10-19(11-17)27-4/h5-11,14H,12-13H2,1-4H3,(H,24,26). The number of aromatic nitrogens is 1. The number of nitrogens with one attached hydrogen (secondary N) is 1. The summed E-state index contributed by atoms with van der Waals surface area (Å²) in [5, 5.41) is 6.01. The van der Waals surface area contributed by atoms with Crippen LogP contribution in [0.4, 0.5) is 5.69 Å². The summed E-state index contributed by atoms with van der Waals surface area (Å²) >= 11 is 1.60. The number of hydrogen-bond donors (Lipinski definition) is 1. The zero-order valence-corrected chi connectivity index (χ0v) is 17.5. The quantitative estimate of drug-likeness (QED) is 0.640. The van der Waals surface area contributed by atoms with E-state index < -0.39 is 0 Å². The molecule has 5 nitrogen and oxygen atoms in total. The molecule has 0 spiro atoms. The van der Waals surface area contributed by atoms with Crippen molar-refractivity contribution in [2.24, 2.45) is 0 Å². The minimum Gasteiger partial charge on any atom is -0.497 e. The second-order valence-corrected chi connectivity index (χ2v) is 7.72. The second kappa shape index (κ2) is 8.99. The summed E-state index contributed by atoms with van der Waals surface area (Å²) in [5.41, 5.74) is 5.02. The third-order valence-corrected chi connectivity index (χ3v) is 5.40. The average Bonchev–Trinajstić information content (AvgIpc) is 3.13. The lowest BCUT2D eigenvalue weighted by molar-refractivity contribution is -0.117. The number of amides is 1. The van der Waals surface area contributed by atoms with Crippen LogP contribution in [0.5, 0.6) is 5.75 Å². The molecule has 0 radical (unpaired) electrons. The van der Waals surface area contributed by atoms with Gasteiger partial charge >= 0.3 is 0 Å². The molecule has 0 saturated carbocycles. The van der Waals surface area contributed by atoms with Gasteiger partial charge in [-0.05, 0) is 44.2 Å². The van der Waals surface area contributed by atoms with Crippen molar-refractivity contribution in [1.82, 2.24) is 9.88 Å². The van der Waals surface area contributed by atoms with Gasteiger partial charge in [0, 0.05) is 23.2 Å². The summed E-state index contributed by atoms with van der Waals surface area (Å²) in [5.74, 6) is 0.790. The SMILES string of the molecule is COc1cccc(-c2nc(CN(C)CC(=O)Nc3c(C)cccc3C)cs2)c1. The first-order valence-electron chi connectivity index (χ1n) is 9.09. The first kappa shape index (κ1) is 20.0. The van der Waals surface area contributed by atoms with Crippen molar-refractivity contribution in [3.8, 4) is 16.3 Å². The Morgan fingerprint density at radius 2 is 1.89 bits per heavy atom. The molecule has 3 rings (SSSR count). The fourth-order valence-corrected chi connectivity index (χ4v) is 3.84. The van der Waals surface area contributed by atoms with Gasteiger partial charge in [-0.3, -0.25) is 9.69 Å². The van der Waals surface area contributed by atoms with Gasteiger partial charge in [0.15, 0.2) is 0 Å². The predicted octanol–water partition coefficient (Wildman–Crippen LogP) is 4.51. The molecular weight excluding hydrogens is 370 g/mol. The highest BCUT2D eigenvalue weighted by Crippen LogP contribution is 2.27. The van der Waals surface area contributed by atoms with E-state index in [0.717, 1.165) is 38.8 Å². The zero-order valence-electron chi connectivity index (χ0n) is 16.7. The van der Waals surface area contributed by atoms with E-state index >= 15 is 0 Å². The maximum Gasteiger partial charge on any atom is 0.238 e. The summed E-state index contributed by atoms with van der Waals surface area (Å²) < 4.78 is 5.28. The number of carbonyl (C=O) groups is 1. The van der Waals surface area contributed by atoms with Crippen LogP contribution < -0.4 is 10.1 Å². The number of thiazole rings is 1. The lowest BCUT2D eigenvalue weighted by Gasteiger charge is -2.16. The molecule has 1 aromatic heterocycles. The first-order valence-corrected chi connectivity index (χ1v) is 9.97. The molecule has 0 aliphatic carbocycles. The molecule has 0 saturated heterocycles. The Morgan fingerprint density at radius 3 is 2.61 bits per heavy atom. The van der Waals surface area contributed by atoms with Crippen LogP contribution in [0.2, 0.25) is 0 Å². The van der Waals surface area contributed by atoms with Crippen molar-refractivity contribution in [1.29, 1.82) is 0 Å². The van der Waals surface area contributed by atoms with E-state index in [1.165, 1.54) is 0 Å². The van der Waals surface area contributed by atoms with Crippen LogP contribution in [-0.2, 0) is 11.3 Å². The molecule has 0 fully saturated rings. The molecule has 0 atom stereocenters. The molecule has 0 unspecified atom stereocenters. The minimum atomic E-state index is -0.0249. The van der Waals surface area contributed by atoms with Crippen LogP contribution in [0.3, 0.4) is 0 Å². The summed E-state index contributed by atoms with van der Waals surface area (Å²) in [6.45, 7) is 4.92. The Kier molecular flexibility index (Phi) is 6.44. The van der Waals surface area contributed by atoms with E-state index in [1.54, 1.807) is 18.4 Å². The van der Waals surface area contributed by atoms with Crippen molar-refractivity contribution >= 4 is 22.9 Å². The zero-order chi connectivity index (χ0) is 20.1. The van der Waals surface area contributed by atoms with Crippen molar-refractivity contribution in [2.45, 2.75) is 20.4 Å². The van der Waals surface area contributed by atoms with Crippen LogP contribution in [0.1, 0.15) is 16.8 Å². The highest BCUT2D eigenvalue weighted by molar-refractivity contribution is 7.13. The van der Waals surface area contributed by atoms with E-state index in [4.69, 9.17) is 9.72 Å². The van der Waals surface area contributed by atoms with Crippen molar-refractivity contribution in [2.75, 3.05) is 26.0 Å². The molecule has 1 heterocycles. The van der Waals surface area contributed by atoms with Crippen molar-refractivity contribution in [3.63, 3.8) is 0 Å². The molecular formula is C22H25N3O2S. The fourth-order valence-electron chi connectivity index (χ4n) is 3.04. The number of ether oxygens (including phenoxy) is 1. The summed E-state index contributed by atoms with van der Waals surface area (Å²) in [7, 11) is 3.58. The summed E-state index contributed by atoms with van der Waals surface area (Å²) in [4.78, 5) is 19.1. The number of hydrogen-bond acceptors (Lipinski definition) is 5. The van der Waals surface area contributed by atoms with E-state index in [-0.39, 0.29) is 5.91 Å². The number of likely N-dealkylation sites (N-methyl/N-ethyl adjacent to an activating group) is 1. The maximum absolute atomic E-state index is 12.4. The third kappa shape index (κ3) is 4.97. The van der Waals surface area contributed by atoms with Gasteiger partial charge in [-0.2, -0.15) is 0 Å². The molecule has 0 aliphatic heterocycles. The molecule has 28 heavy (non-hydrogen) atoms. The first-order chi connectivity index (χ1) is 13.5. The minimum absolute atomic E-state index is 0.0249. The van der Waals surface area contributed by atoms with Gasteiger partial charge in [0.05, 0.1) is 19.3 Å². The van der Waals surface area contributed by atoms with Crippen LogP contribution in [0, 0.1) is 13.8 Å². The highest BCUT2D eigenvalue weighted by Gasteiger charge is 2.12. The van der Waals surface area contributed by atoms with Crippen LogP contribution in [0.25, 0.3) is 10.6 Å². The largest absolute Gasteiger partial charge is 0.497 e. The van der Waals surface area contributed by atoms with Gasteiger partial charge < -0.3 is 10.1 Å². The van der Waals surface area contributed by atoms with Gasteiger partial charge in [-0.25, -0.2) is 4.98 Å². The number of anilines is 1. The Morgan fingerprint density at radius 1 is 1.18 bits per heavy atom. The summed E-state index contributed by atoms with van der Waals surface area (Å²) in [6.07, 6.45) is 0. The summed E-state index contributed by atoms with van der Waals surface area (Å²) in [6, 6.07) is 13.9. The average molecular weight is 396 g/mol. The molecule has 0 bridgehead atoms. The Labute approximate surface area is 170 Å². The van der Waals surface area contributed by atoms with Gasteiger partial charge in [0.25, 0.3) is 0 Å².